The van der Waals surface area contributed by atoms with Gasteiger partial charge in [-0.25, -0.2) is 4.79 Å². The number of hydrogen-bond acceptors (Lipinski definition) is 5. The Morgan fingerprint density at radius 3 is 2.80 bits per heavy atom. The van der Waals surface area contributed by atoms with E-state index in [1.807, 2.05) is 6.92 Å². The van der Waals surface area contributed by atoms with Gasteiger partial charge in [-0.05, 0) is 12.7 Å². The van der Waals surface area contributed by atoms with Gasteiger partial charge in [0, 0.05) is 7.05 Å². The van der Waals surface area contributed by atoms with E-state index in [4.69, 9.17) is 10.5 Å². The molecule has 0 bridgehead atoms. The van der Waals surface area contributed by atoms with Gasteiger partial charge in [-0.1, -0.05) is 6.92 Å². The second-order valence-corrected chi connectivity index (χ2v) is 4.10. The third kappa shape index (κ3) is 2.44. The molecule has 1 heterocycles. The van der Waals surface area contributed by atoms with Crippen molar-refractivity contribution in [3.63, 3.8) is 0 Å². The fourth-order valence-corrected chi connectivity index (χ4v) is 1.93. The Bertz CT molecular complexity index is 362. The number of aromatic nitrogens is 2. The third-order valence-corrected chi connectivity index (χ3v) is 2.67. The van der Waals surface area contributed by atoms with Crippen molar-refractivity contribution in [1.29, 1.82) is 0 Å². The average molecular weight is 229 g/mol. The van der Waals surface area contributed by atoms with Gasteiger partial charge in [0.1, 0.15) is 16.4 Å². The highest BCUT2D eigenvalue weighted by Crippen LogP contribution is 2.26. The highest BCUT2D eigenvalue weighted by Gasteiger charge is 2.21. The zero-order chi connectivity index (χ0) is 11.4. The third-order valence-electron chi connectivity index (χ3n) is 1.82. The number of nitrogen functional groups attached to an aromatic ring is 1. The lowest BCUT2D eigenvalue weighted by molar-refractivity contribution is 0.0523. The standard InChI is InChI=1S/C9H15N3O2S/c1-4-14-9(13)6-7(10)12(3)11-8(6)15-5-2/h4-5,10H2,1-3H3. The van der Waals surface area contributed by atoms with Crippen molar-refractivity contribution in [3.05, 3.63) is 5.56 Å². The lowest BCUT2D eigenvalue weighted by Crippen LogP contribution is -2.08. The van der Waals surface area contributed by atoms with Crippen LogP contribution in [0.2, 0.25) is 0 Å². The number of esters is 1. The molecule has 0 aliphatic heterocycles. The van der Waals surface area contributed by atoms with E-state index in [0.717, 1.165) is 5.75 Å². The van der Waals surface area contributed by atoms with Crippen LogP contribution < -0.4 is 5.73 Å². The smallest absolute Gasteiger partial charge is 0.344 e. The van der Waals surface area contributed by atoms with Gasteiger partial charge in [0.05, 0.1) is 6.61 Å². The Labute approximate surface area is 93.0 Å². The number of aryl methyl sites for hydroxylation is 1. The fraction of sp³-hybridized carbons (Fsp3) is 0.556. The minimum Gasteiger partial charge on any atom is -0.462 e. The van der Waals surface area contributed by atoms with Crippen molar-refractivity contribution in [2.24, 2.45) is 7.05 Å². The highest BCUT2D eigenvalue weighted by atomic mass is 32.2. The molecule has 0 fully saturated rings. The first-order chi connectivity index (χ1) is 7.11. The van der Waals surface area contributed by atoms with E-state index in [1.54, 1.807) is 14.0 Å². The van der Waals surface area contributed by atoms with Gasteiger partial charge in [0.2, 0.25) is 0 Å². The van der Waals surface area contributed by atoms with Crippen molar-refractivity contribution in [3.8, 4) is 0 Å². The Kier molecular flexibility index (Phi) is 4.02. The number of rotatable bonds is 4. The molecule has 1 rings (SSSR count). The second-order valence-electron chi connectivity index (χ2n) is 2.84. The summed E-state index contributed by atoms with van der Waals surface area (Å²) in [6, 6.07) is 0. The van der Waals surface area contributed by atoms with E-state index in [1.165, 1.54) is 16.4 Å². The van der Waals surface area contributed by atoms with Crippen molar-refractivity contribution in [2.45, 2.75) is 18.9 Å². The number of carbonyl (C=O) groups excluding carboxylic acids is 1. The predicted octanol–water partition coefficient (Wildman–Crippen LogP) is 1.29. The number of thioether (sulfide) groups is 1. The van der Waals surface area contributed by atoms with Crippen LogP contribution in [0, 0.1) is 0 Å². The Morgan fingerprint density at radius 1 is 1.60 bits per heavy atom. The minimum atomic E-state index is -0.404. The molecule has 0 aromatic carbocycles. The number of nitrogens with two attached hydrogens (primary N) is 1. The molecular weight excluding hydrogens is 214 g/mol. The molecule has 0 unspecified atom stereocenters. The van der Waals surface area contributed by atoms with Crippen LogP contribution in [-0.4, -0.2) is 28.1 Å². The molecule has 0 amide bonds. The van der Waals surface area contributed by atoms with Crippen LogP contribution in [0.3, 0.4) is 0 Å². The lowest BCUT2D eigenvalue weighted by Gasteiger charge is -2.02. The van der Waals surface area contributed by atoms with Crippen molar-refractivity contribution >= 4 is 23.5 Å². The molecule has 0 saturated carbocycles. The molecule has 84 valence electrons. The van der Waals surface area contributed by atoms with Crippen LogP contribution >= 0.6 is 11.8 Å². The topological polar surface area (TPSA) is 70.1 Å². The molecule has 0 spiro atoms. The van der Waals surface area contributed by atoms with Gasteiger partial charge in [-0.2, -0.15) is 5.10 Å². The number of hydrogen-bond donors (Lipinski definition) is 1. The monoisotopic (exact) mass is 229 g/mol. The van der Waals surface area contributed by atoms with Crippen LogP contribution in [0.5, 0.6) is 0 Å². The Hall–Kier alpha value is -1.17. The molecule has 0 aliphatic carbocycles. The maximum atomic E-state index is 11.6. The number of anilines is 1. The quantitative estimate of drug-likeness (QED) is 0.622. The van der Waals surface area contributed by atoms with Gasteiger partial charge < -0.3 is 10.5 Å². The summed E-state index contributed by atoms with van der Waals surface area (Å²) in [6.45, 7) is 4.09. The maximum absolute atomic E-state index is 11.6. The van der Waals surface area contributed by atoms with Crippen molar-refractivity contribution in [1.82, 2.24) is 9.78 Å². The van der Waals surface area contributed by atoms with Crippen LogP contribution in [0.1, 0.15) is 24.2 Å². The normalized spacial score (nSPS) is 10.3. The summed E-state index contributed by atoms with van der Waals surface area (Å²) in [7, 11) is 1.71. The van der Waals surface area contributed by atoms with E-state index in [0.29, 0.717) is 23.0 Å². The molecule has 1 aromatic heterocycles. The van der Waals surface area contributed by atoms with Gasteiger partial charge in [-0.3, -0.25) is 4.68 Å². The van der Waals surface area contributed by atoms with Gasteiger partial charge >= 0.3 is 5.97 Å². The maximum Gasteiger partial charge on any atom is 0.344 e. The highest BCUT2D eigenvalue weighted by molar-refractivity contribution is 7.99. The predicted molar refractivity (Wildman–Crippen MR) is 60.0 cm³/mol. The van der Waals surface area contributed by atoms with Crippen LogP contribution in [-0.2, 0) is 11.8 Å². The zero-order valence-electron chi connectivity index (χ0n) is 9.11. The SMILES string of the molecule is CCOC(=O)c1c(SCC)nn(C)c1N. The second kappa shape index (κ2) is 5.06. The van der Waals surface area contributed by atoms with E-state index in [2.05, 4.69) is 5.10 Å². The molecule has 0 radical (unpaired) electrons. The molecule has 0 atom stereocenters. The molecule has 1 aromatic rings. The summed E-state index contributed by atoms with van der Waals surface area (Å²) in [5.74, 6) is 0.784. The minimum absolute atomic E-state index is 0.337. The first-order valence-corrected chi connectivity index (χ1v) is 5.72. The summed E-state index contributed by atoms with van der Waals surface area (Å²) in [5.41, 5.74) is 6.13. The summed E-state index contributed by atoms with van der Waals surface area (Å²) < 4.78 is 6.41. The summed E-state index contributed by atoms with van der Waals surface area (Å²) in [5, 5.41) is 4.79. The first-order valence-electron chi connectivity index (χ1n) is 4.74. The van der Waals surface area contributed by atoms with Crippen molar-refractivity contribution < 1.29 is 9.53 Å². The number of carbonyl (C=O) groups is 1. The molecule has 6 heteroatoms. The van der Waals surface area contributed by atoms with Gasteiger partial charge in [-0.15, -0.1) is 11.8 Å². The molecule has 0 saturated heterocycles. The Morgan fingerprint density at radius 2 is 2.27 bits per heavy atom. The lowest BCUT2D eigenvalue weighted by atomic mass is 10.3. The van der Waals surface area contributed by atoms with Crippen LogP contribution in [0.15, 0.2) is 5.03 Å². The molecular formula is C9H15N3O2S. The largest absolute Gasteiger partial charge is 0.462 e. The van der Waals surface area contributed by atoms with Crippen LogP contribution in [0.4, 0.5) is 5.82 Å². The number of nitrogens with zero attached hydrogens (tertiary/aromatic N) is 2. The first kappa shape index (κ1) is 11.9. The van der Waals surface area contributed by atoms with E-state index >= 15 is 0 Å². The summed E-state index contributed by atoms with van der Waals surface area (Å²) in [4.78, 5) is 11.6. The Balaban J connectivity index is 3.07. The molecule has 0 aliphatic rings. The molecule has 15 heavy (non-hydrogen) atoms. The van der Waals surface area contributed by atoms with Gasteiger partial charge in [0.15, 0.2) is 0 Å². The molecule has 5 nitrogen and oxygen atoms in total. The summed E-state index contributed by atoms with van der Waals surface area (Å²) in [6.07, 6.45) is 0. The zero-order valence-corrected chi connectivity index (χ0v) is 9.93. The average Bonchev–Trinajstić information content (AvgIpc) is 2.44. The fourth-order valence-electron chi connectivity index (χ4n) is 1.14. The van der Waals surface area contributed by atoms with Gasteiger partial charge in [0.25, 0.3) is 0 Å². The van der Waals surface area contributed by atoms with Crippen LogP contribution in [0.25, 0.3) is 0 Å². The van der Waals surface area contributed by atoms with E-state index < -0.39 is 5.97 Å². The van der Waals surface area contributed by atoms with E-state index in [9.17, 15) is 4.79 Å². The number of ether oxygens (including phenoxy) is 1. The summed E-state index contributed by atoms with van der Waals surface area (Å²) >= 11 is 1.48. The van der Waals surface area contributed by atoms with Crippen molar-refractivity contribution in [2.75, 3.05) is 18.1 Å². The molecule has 2 N–H and O–H groups in total. The van der Waals surface area contributed by atoms with E-state index in [-0.39, 0.29) is 0 Å².